The van der Waals surface area contributed by atoms with Crippen molar-refractivity contribution in [1.82, 2.24) is 24.9 Å². The largest absolute Gasteiger partial charge is 0.467 e. The van der Waals surface area contributed by atoms with Crippen LogP contribution >= 0.6 is 23.1 Å². The first-order valence-corrected chi connectivity index (χ1v) is 11.5. The summed E-state index contributed by atoms with van der Waals surface area (Å²) in [5.41, 5.74) is 2.25. The van der Waals surface area contributed by atoms with Gasteiger partial charge in [0.15, 0.2) is 10.8 Å². The summed E-state index contributed by atoms with van der Waals surface area (Å²) >= 11 is 3.17. The van der Waals surface area contributed by atoms with Gasteiger partial charge in [0, 0.05) is 4.88 Å². The quantitative estimate of drug-likeness (QED) is 0.488. The van der Waals surface area contributed by atoms with Crippen molar-refractivity contribution in [3.05, 3.63) is 40.4 Å². The highest BCUT2D eigenvalue weighted by atomic mass is 32.2. The molecule has 150 valence electrons. The number of nitrogens with zero attached hydrogens (tertiary/aromatic N) is 4. The number of thioether (sulfide) groups is 1. The maximum atomic E-state index is 12.2. The van der Waals surface area contributed by atoms with Crippen molar-refractivity contribution in [3.8, 4) is 0 Å². The zero-order valence-corrected chi connectivity index (χ0v) is 17.9. The lowest BCUT2D eigenvalue weighted by Crippen LogP contribution is -2.24. The second-order valence-corrected chi connectivity index (χ2v) is 9.50. The van der Waals surface area contributed by atoms with E-state index in [2.05, 4.69) is 22.4 Å². The number of hydrogen-bond acceptors (Lipinski definition) is 7. The molecule has 0 saturated heterocycles. The average Bonchev–Trinajstić information content (AvgIpc) is 3.42. The number of fused-ring (bicyclic) bond motifs is 5. The molecule has 0 aromatic carbocycles. The lowest BCUT2D eigenvalue weighted by Gasteiger charge is -2.17. The third kappa shape index (κ3) is 3.42. The highest BCUT2D eigenvalue weighted by Crippen LogP contribution is 2.39. The van der Waals surface area contributed by atoms with E-state index in [9.17, 15) is 4.79 Å². The minimum atomic E-state index is -0.0725. The van der Waals surface area contributed by atoms with E-state index in [1.165, 1.54) is 28.6 Å². The van der Waals surface area contributed by atoms with Gasteiger partial charge in [0.2, 0.25) is 5.91 Å². The van der Waals surface area contributed by atoms with Crippen molar-refractivity contribution >= 4 is 44.9 Å². The molecule has 5 rings (SSSR count). The number of aryl methyl sites for hydroxylation is 2. The standard InChI is InChI=1S/C20H21N5O2S2/c1-11-5-6-14-15(8-11)29-19-17(14)18-23-24-20(25(18)12(2)22-19)28-10-16(26)21-9-13-4-3-7-27-13/h3-4,7,11H,5-6,8-10H2,1-2H3,(H,21,26)/t11-/m0/s1. The molecule has 0 radical (unpaired) electrons. The fourth-order valence-electron chi connectivity index (χ4n) is 3.84. The number of hydrogen-bond donors (Lipinski definition) is 1. The van der Waals surface area contributed by atoms with Gasteiger partial charge in [0.1, 0.15) is 16.4 Å². The second kappa shape index (κ2) is 7.46. The molecule has 1 N–H and O–H groups in total. The van der Waals surface area contributed by atoms with Crippen LogP contribution in [0.1, 0.15) is 35.4 Å². The van der Waals surface area contributed by atoms with E-state index in [-0.39, 0.29) is 11.7 Å². The van der Waals surface area contributed by atoms with E-state index >= 15 is 0 Å². The minimum Gasteiger partial charge on any atom is -0.467 e. The van der Waals surface area contributed by atoms with Gasteiger partial charge in [-0.25, -0.2) is 4.98 Å². The van der Waals surface area contributed by atoms with E-state index in [0.29, 0.717) is 11.7 Å². The van der Waals surface area contributed by atoms with Crippen LogP contribution in [0, 0.1) is 12.8 Å². The molecule has 4 aromatic rings. The Morgan fingerprint density at radius 2 is 2.34 bits per heavy atom. The van der Waals surface area contributed by atoms with Gasteiger partial charge in [-0.05, 0) is 49.8 Å². The molecule has 4 aromatic heterocycles. The molecule has 0 unspecified atom stereocenters. The Balaban J connectivity index is 1.40. The number of rotatable bonds is 5. The third-order valence-electron chi connectivity index (χ3n) is 5.31. The molecule has 1 aliphatic rings. The van der Waals surface area contributed by atoms with Crippen LogP contribution < -0.4 is 5.32 Å². The smallest absolute Gasteiger partial charge is 0.230 e. The first-order valence-electron chi connectivity index (χ1n) is 9.68. The molecular weight excluding hydrogens is 406 g/mol. The van der Waals surface area contributed by atoms with Crippen LogP contribution in [0.4, 0.5) is 0 Å². The van der Waals surface area contributed by atoms with Gasteiger partial charge in [0.25, 0.3) is 0 Å². The molecule has 1 atom stereocenters. The van der Waals surface area contributed by atoms with Crippen molar-refractivity contribution in [2.45, 2.75) is 44.8 Å². The Hall–Kier alpha value is -2.39. The Labute approximate surface area is 175 Å². The highest BCUT2D eigenvalue weighted by Gasteiger charge is 2.25. The average molecular weight is 428 g/mol. The first kappa shape index (κ1) is 18.6. The number of amides is 1. The summed E-state index contributed by atoms with van der Waals surface area (Å²) in [6.45, 7) is 4.66. The normalized spacial score (nSPS) is 16.4. The number of aromatic nitrogens is 4. The van der Waals surface area contributed by atoms with Crippen LogP contribution in [-0.4, -0.2) is 31.2 Å². The van der Waals surface area contributed by atoms with Crippen molar-refractivity contribution in [2.75, 3.05) is 5.75 Å². The lowest BCUT2D eigenvalue weighted by molar-refractivity contribution is -0.118. The maximum Gasteiger partial charge on any atom is 0.230 e. The molecule has 0 spiro atoms. The highest BCUT2D eigenvalue weighted by molar-refractivity contribution is 7.99. The van der Waals surface area contributed by atoms with Crippen molar-refractivity contribution in [3.63, 3.8) is 0 Å². The van der Waals surface area contributed by atoms with Crippen LogP contribution in [0.5, 0.6) is 0 Å². The molecule has 9 heteroatoms. The fourth-order valence-corrected chi connectivity index (χ4v) is 6.07. The summed E-state index contributed by atoms with van der Waals surface area (Å²) in [5.74, 6) is 2.49. The molecule has 0 saturated carbocycles. The van der Waals surface area contributed by atoms with E-state index in [0.717, 1.165) is 46.2 Å². The molecule has 0 bridgehead atoms. The van der Waals surface area contributed by atoms with Crippen molar-refractivity contribution in [1.29, 1.82) is 0 Å². The number of thiophene rings is 1. The lowest BCUT2D eigenvalue weighted by atomic mass is 9.89. The number of furan rings is 1. The van der Waals surface area contributed by atoms with Gasteiger partial charge in [-0.3, -0.25) is 9.20 Å². The predicted octanol–water partition coefficient (Wildman–Crippen LogP) is 3.77. The summed E-state index contributed by atoms with van der Waals surface area (Å²) in [5, 5.41) is 13.6. The molecule has 0 aliphatic heterocycles. The summed E-state index contributed by atoms with van der Waals surface area (Å²) < 4.78 is 7.22. The Kier molecular flexibility index (Phi) is 4.79. The molecule has 29 heavy (non-hydrogen) atoms. The van der Waals surface area contributed by atoms with Gasteiger partial charge < -0.3 is 9.73 Å². The molecule has 4 heterocycles. The number of carbonyl (C=O) groups is 1. The predicted molar refractivity (Wildman–Crippen MR) is 113 cm³/mol. The number of carbonyl (C=O) groups excluding carboxylic acids is 1. The van der Waals surface area contributed by atoms with Gasteiger partial charge in [-0.15, -0.1) is 21.5 Å². The monoisotopic (exact) mass is 427 g/mol. The van der Waals surface area contributed by atoms with Crippen molar-refractivity contribution < 1.29 is 9.21 Å². The van der Waals surface area contributed by atoms with Gasteiger partial charge in [-0.2, -0.15) is 0 Å². The Bertz CT molecular complexity index is 1200. The van der Waals surface area contributed by atoms with Crippen LogP contribution in [0.15, 0.2) is 28.0 Å². The van der Waals surface area contributed by atoms with Gasteiger partial charge in [0.05, 0.1) is 23.9 Å². The molecule has 0 fully saturated rings. The third-order valence-corrected chi connectivity index (χ3v) is 7.39. The summed E-state index contributed by atoms with van der Waals surface area (Å²) in [4.78, 5) is 19.5. The van der Waals surface area contributed by atoms with Crippen LogP contribution in [-0.2, 0) is 24.2 Å². The van der Waals surface area contributed by atoms with Crippen molar-refractivity contribution in [2.24, 2.45) is 5.92 Å². The van der Waals surface area contributed by atoms with Crippen LogP contribution in [0.2, 0.25) is 0 Å². The molecular formula is C20H21N5O2S2. The van der Waals surface area contributed by atoms with Crippen LogP contribution in [0.3, 0.4) is 0 Å². The SMILES string of the molecule is Cc1nc2sc3c(c2c2nnc(SCC(=O)NCc4ccco4)n12)CC[C@H](C)C3. The summed E-state index contributed by atoms with van der Waals surface area (Å²) in [7, 11) is 0. The van der Waals surface area contributed by atoms with E-state index in [1.54, 1.807) is 23.7 Å². The van der Waals surface area contributed by atoms with E-state index < -0.39 is 0 Å². The van der Waals surface area contributed by atoms with E-state index in [4.69, 9.17) is 9.40 Å². The minimum absolute atomic E-state index is 0.0725. The molecule has 1 amide bonds. The van der Waals surface area contributed by atoms with Crippen LogP contribution in [0.25, 0.3) is 15.9 Å². The molecule has 7 nitrogen and oxygen atoms in total. The summed E-state index contributed by atoms with van der Waals surface area (Å²) in [6.07, 6.45) is 4.98. The summed E-state index contributed by atoms with van der Waals surface area (Å²) in [6, 6.07) is 3.64. The van der Waals surface area contributed by atoms with E-state index in [1.807, 2.05) is 17.4 Å². The topological polar surface area (TPSA) is 85.3 Å². The zero-order chi connectivity index (χ0) is 20.0. The van der Waals surface area contributed by atoms with Gasteiger partial charge >= 0.3 is 0 Å². The second-order valence-electron chi connectivity index (χ2n) is 7.48. The fraction of sp³-hybridized carbons (Fsp3) is 0.400. The van der Waals surface area contributed by atoms with Gasteiger partial charge in [-0.1, -0.05) is 18.7 Å². The maximum absolute atomic E-state index is 12.2. The zero-order valence-electron chi connectivity index (χ0n) is 16.3. The number of nitrogens with one attached hydrogen (secondary N) is 1. The molecule has 1 aliphatic carbocycles. The first-order chi connectivity index (χ1) is 14.1. The Morgan fingerprint density at radius 3 is 3.17 bits per heavy atom. The Morgan fingerprint density at radius 1 is 1.45 bits per heavy atom.